The van der Waals surface area contributed by atoms with Gasteiger partial charge in [-0.2, -0.15) is 5.10 Å². The van der Waals surface area contributed by atoms with E-state index >= 15 is 0 Å². The monoisotopic (exact) mass is 231 g/mol. The van der Waals surface area contributed by atoms with E-state index in [1.807, 2.05) is 26.2 Å². The number of aromatic nitrogens is 3. The van der Waals surface area contributed by atoms with Crippen molar-refractivity contribution in [3.05, 3.63) is 29.7 Å². The Morgan fingerprint density at radius 2 is 2.24 bits per heavy atom. The van der Waals surface area contributed by atoms with E-state index in [0.29, 0.717) is 0 Å². The third kappa shape index (κ3) is 2.38. The molecule has 5 heteroatoms. The molecule has 0 atom stereocenters. The van der Waals surface area contributed by atoms with E-state index in [-0.39, 0.29) is 0 Å². The van der Waals surface area contributed by atoms with E-state index in [1.54, 1.807) is 10.9 Å². The zero-order valence-electron chi connectivity index (χ0n) is 10.4. The molecule has 2 rings (SSSR count). The lowest BCUT2D eigenvalue weighted by atomic mass is 10.2. The van der Waals surface area contributed by atoms with Crippen LogP contribution < -0.4 is 11.1 Å². The lowest BCUT2D eigenvalue weighted by molar-refractivity contribution is 0.746. The fourth-order valence-electron chi connectivity index (χ4n) is 1.65. The number of nitrogens with zero attached hydrogens (tertiary/aromatic N) is 3. The molecule has 0 radical (unpaired) electrons. The molecule has 5 nitrogen and oxygen atoms in total. The van der Waals surface area contributed by atoms with Crippen LogP contribution in [0.5, 0.6) is 0 Å². The standard InChI is InChI=1S/C12H17N5/c1-4-10-11(7-17(3)16-10)15-12-5-9(13)8(2)6-14-12/h5-7H,4H2,1-3H3,(H3,13,14,15). The van der Waals surface area contributed by atoms with Crippen molar-refractivity contribution >= 4 is 17.2 Å². The van der Waals surface area contributed by atoms with Gasteiger partial charge in [-0.25, -0.2) is 4.98 Å². The summed E-state index contributed by atoms with van der Waals surface area (Å²) in [7, 11) is 1.90. The Hall–Kier alpha value is -2.04. The Morgan fingerprint density at radius 3 is 2.88 bits per heavy atom. The Bertz CT molecular complexity index is 530. The average Bonchev–Trinajstić information content (AvgIpc) is 2.64. The van der Waals surface area contributed by atoms with Crippen LogP contribution in [0.2, 0.25) is 0 Å². The molecule has 0 saturated carbocycles. The topological polar surface area (TPSA) is 68.8 Å². The molecule has 0 unspecified atom stereocenters. The summed E-state index contributed by atoms with van der Waals surface area (Å²) in [5.74, 6) is 0.746. The van der Waals surface area contributed by atoms with Crippen LogP contribution in [0.4, 0.5) is 17.2 Å². The fraction of sp³-hybridized carbons (Fsp3) is 0.333. The molecule has 0 aliphatic carbocycles. The highest BCUT2D eigenvalue weighted by molar-refractivity contribution is 5.62. The first kappa shape index (κ1) is 11.4. The van der Waals surface area contributed by atoms with E-state index in [1.165, 1.54) is 0 Å². The van der Waals surface area contributed by atoms with Crippen LogP contribution in [0.15, 0.2) is 18.5 Å². The minimum absolute atomic E-state index is 0.740. The van der Waals surface area contributed by atoms with Gasteiger partial charge in [-0.05, 0) is 18.9 Å². The summed E-state index contributed by atoms with van der Waals surface area (Å²) in [4.78, 5) is 4.29. The largest absolute Gasteiger partial charge is 0.398 e. The Kier molecular flexibility index (Phi) is 2.99. The molecule has 0 spiro atoms. The Labute approximate surface area is 101 Å². The van der Waals surface area contributed by atoms with Gasteiger partial charge in [0.05, 0.1) is 11.4 Å². The van der Waals surface area contributed by atoms with Crippen LogP contribution in [-0.2, 0) is 13.5 Å². The van der Waals surface area contributed by atoms with Crippen molar-refractivity contribution in [2.45, 2.75) is 20.3 Å². The van der Waals surface area contributed by atoms with Gasteiger partial charge in [0.25, 0.3) is 0 Å². The van der Waals surface area contributed by atoms with Crippen LogP contribution >= 0.6 is 0 Å². The highest BCUT2D eigenvalue weighted by Crippen LogP contribution is 2.21. The predicted molar refractivity (Wildman–Crippen MR) is 69.3 cm³/mol. The van der Waals surface area contributed by atoms with Crippen molar-refractivity contribution in [3.8, 4) is 0 Å². The first-order valence-corrected chi connectivity index (χ1v) is 5.61. The number of aryl methyl sites for hydroxylation is 3. The maximum atomic E-state index is 5.85. The number of hydrogen-bond acceptors (Lipinski definition) is 4. The second-order valence-corrected chi connectivity index (χ2v) is 4.07. The van der Waals surface area contributed by atoms with Gasteiger partial charge in [0.15, 0.2) is 0 Å². The maximum Gasteiger partial charge on any atom is 0.132 e. The number of hydrogen-bond donors (Lipinski definition) is 2. The molecule has 0 bridgehead atoms. The average molecular weight is 231 g/mol. The number of nitrogen functional groups attached to an aromatic ring is 1. The minimum Gasteiger partial charge on any atom is -0.398 e. The predicted octanol–water partition coefficient (Wildman–Crippen LogP) is 2.01. The molecule has 0 aliphatic rings. The normalized spacial score (nSPS) is 10.5. The van der Waals surface area contributed by atoms with Crippen molar-refractivity contribution in [3.63, 3.8) is 0 Å². The first-order chi connectivity index (χ1) is 8.10. The van der Waals surface area contributed by atoms with Gasteiger partial charge in [-0.3, -0.25) is 4.68 Å². The molecular weight excluding hydrogens is 214 g/mol. The summed E-state index contributed by atoms with van der Waals surface area (Å²) in [6.07, 6.45) is 4.58. The summed E-state index contributed by atoms with van der Waals surface area (Å²) in [5.41, 5.74) is 9.57. The third-order valence-electron chi connectivity index (χ3n) is 2.65. The van der Waals surface area contributed by atoms with Crippen LogP contribution in [0, 0.1) is 6.92 Å². The molecule has 0 aliphatic heterocycles. The Morgan fingerprint density at radius 1 is 1.47 bits per heavy atom. The number of rotatable bonds is 3. The summed E-state index contributed by atoms with van der Waals surface area (Å²) in [6.45, 7) is 4.01. The molecule has 0 aromatic carbocycles. The van der Waals surface area contributed by atoms with Crippen LogP contribution in [-0.4, -0.2) is 14.8 Å². The molecule has 0 amide bonds. The van der Waals surface area contributed by atoms with Crippen LogP contribution in [0.3, 0.4) is 0 Å². The highest BCUT2D eigenvalue weighted by Gasteiger charge is 2.07. The van der Waals surface area contributed by atoms with E-state index in [0.717, 1.165) is 34.9 Å². The zero-order valence-corrected chi connectivity index (χ0v) is 10.4. The lowest BCUT2D eigenvalue weighted by Crippen LogP contribution is -1.98. The summed E-state index contributed by atoms with van der Waals surface area (Å²) in [5, 5.41) is 7.60. The van der Waals surface area contributed by atoms with Gasteiger partial charge >= 0.3 is 0 Å². The molecule has 3 N–H and O–H groups in total. The fourth-order valence-corrected chi connectivity index (χ4v) is 1.65. The van der Waals surface area contributed by atoms with Crippen LogP contribution in [0.25, 0.3) is 0 Å². The summed E-state index contributed by atoms with van der Waals surface area (Å²) in [6, 6.07) is 1.84. The Balaban J connectivity index is 2.27. The van der Waals surface area contributed by atoms with E-state index in [4.69, 9.17) is 5.73 Å². The van der Waals surface area contributed by atoms with Crippen molar-refractivity contribution in [1.82, 2.24) is 14.8 Å². The van der Waals surface area contributed by atoms with Gasteiger partial charge in [0.2, 0.25) is 0 Å². The number of anilines is 3. The lowest BCUT2D eigenvalue weighted by Gasteiger charge is -2.06. The van der Waals surface area contributed by atoms with Gasteiger partial charge in [0, 0.05) is 31.2 Å². The highest BCUT2D eigenvalue weighted by atomic mass is 15.3. The second kappa shape index (κ2) is 4.45. The third-order valence-corrected chi connectivity index (χ3v) is 2.65. The van der Waals surface area contributed by atoms with E-state index in [9.17, 15) is 0 Å². The minimum atomic E-state index is 0.740. The molecule has 0 saturated heterocycles. The number of nitrogens with one attached hydrogen (secondary N) is 1. The van der Waals surface area contributed by atoms with Gasteiger partial charge in [-0.15, -0.1) is 0 Å². The summed E-state index contributed by atoms with van der Waals surface area (Å²) >= 11 is 0. The quantitative estimate of drug-likeness (QED) is 0.847. The second-order valence-electron chi connectivity index (χ2n) is 4.07. The van der Waals surface area contributed by atoms with Crippen molar-refractivity contribution in [2.24, 2.45) is 7.05 Å². The summed E-state index contributed by atoms with van der Waals surface area (Å²) < 4.78 is 1.79. The number of nitrogens with two attached hydrogens (primary N) is 1. The van der Waals surface area contributed by atoms with Crippen molar-refractivity contribution in [2.75, 3.05) is 11.1 Å². The molecule has 2 aromatic heterocycles. The number of pyridine rings is 1. The first-order valence-electron chi connectivity index (χ1n) is 5.61. The molecule has 0 fully saturated rings. The van der Waals surface area contributed by atoms with Gasteiger partial charge < -0.3 is 11.1 Å². The smallest absolute Gasteiger partial charge is 0.132 e. The van der Waals surface area contributed by atoms with Crippen molar-refractivity contribution < 1.29 is 0 Å². The molecule has 90 valence electrons. The van der Waals surface area contributed by atoms with Gasteiger partial charge in [-0.1, -0.05) is 6.92 Å². The maximum absolute atomic E-state index is 5.85. The van der Waals surface area contributed by atoms with Crippen molar-refractivity contribution in [1.29, 1.82) is 0 Å². The van der Waals surface area contributed by atoms with E-state index < -0.39 is 0 Å². The molecule has 2 aromatic rings. The molecule has 2 heterocycles. The zero-order chi connectivity index (χ0) is 12.4. The SMILES string of the molecule is CCc1nn(C)cc1Nc1cc(N)c(C)cn1. The van der Waals surface area contributed by atoms with Crippen LogP contribution in [0.1, 0.15) is 18.2 Å². The molecule has 17 heavy (non-hydrogen) atoms. The molecular formula is C12H17N5. The van der Waals surface area contributed by atoms with Gasteiger partial charge in [0.1, 0.15) is 5.82 Å². The van der Waals surface area contributed by atoms with E-state index in [2.05, 4.69) is 22.3 Å².